The molecule has 2 aliphatic heterocycles. The van der Waals surface area contributed by atoms with Crippen molar-refractivity contribution in [2.24, 2.45) is 11.3 Å². The number of hydrogen-bond acceptors (Lipinski definition) is 7. The molecule has 0 unspecified atom stereocenters. The van der Waals surface area contributed by atoms with Crippen LogP contribution in [0.25, 0.3) is 11.3 Å². The van der Waals surface area contributed by atoms with Crippen molar-refractivity contribution in [3.05, 3.63) is 69.3 Å². The lowest BCUT2D eigenvalue weighted by molar-refractivity contribution is -0.128. The van der Waals surface area contributed by atoms with E-state index >= 15 is 0 Å². The van der Waals surface area contributed by atoms with E-state index in [0.29, 0.717) is 59.2 Å². The molecule has 5 rings (SSSR count). The van der Waals surface area contributed by atoms with Crippen molar-refractivity contribution in [3.8, 4) is 17.0 Å². The van der Waals surface area contributed by atoms with Crippen LogP contribution in [0.15, 0.2) is 46.9 Å². The van der Waals surface area contributed by atoms with Gasteiger partial charge in [-0.25, -0.2) is 4.98 Å². The molecular formula is C35H43N3O5S. The van der Waals surface area contributed by atoms with E-state index in [0.717, 1.165) is 28.7 Å². The lowest BCUT2D eigenvalue weighted by Gasteiger charge is -2.39. The van der Waals surface area contributed by atoms with Crippen LogP contribution in [0.4, 0.5) is 0 Å². The van der Waals surface area contributed by atoms with Crippen LogP contribution in [0.2, 0.25) is 0 Å². The molecule has 1 N–H and O–H groups in total. The van der Waals surface area contributed by atoms with Gasteiger partial charge in [0.25, 0.3) is 11.8 Å². The number of rotatable bonds is 8. The first kappa shape index (κ1) is 31.8. The lowest BCUT2D eigenvalue weighted by atomic mass is 9.68. The van der Waals surface area contributed by atoms with Gasteiger partial charge in [0.1, 0.15) is 23.0 Å². The largest absolute Gasteiger partial charge is 0.496 e. The average molecular weight is 618 g/mol. The highest BCUT2D eigenvalue weighted by Gasteiger charge is 2.53. The van der Waals surface area contributed by atoms with Gasteiger partial charge in [-0.05, 0) is 60.9 Å². The molecule has 0 bridgehead atoms. The molecule has 44 heavy (non-hydrogen) atoms. The summed E-state index contributed by atoms with van der Waals surface area (Å²) < 4.78 is 15.4. The summed E-state index contributed by atoms with van der Waals surface area (Å²) in [6.45, 7) is 14.9. The number of nitrogens with zero attached hydrogens (tertiary/aromatic N) is 2. The quantitative estimate of drug-likeness (QED) is 0.331. The molecular weight excluding hydrogens is 574 g/mol. The van der Waals surface area contributed by atoms with Gasteiger partial charge in [-0.1, -0.05) is 52.6 Å². The van der Waals surface area contributed by atoms with Gasteiger partial charge < -0.3 is 14.4 Å². The Morgan fingerprint density at radius 3 is 2.52 bits per heavy atom. The number of nitrogens with one attached hydrogen (secondary N) is 1. The molecule has 3 aliphatic rings. The van der Waals surface area contributed by atoms with Crippen molar-refractivity contribution in [2.45, 2.75) is 79.7 Å². The van der Waals surface area contributed by atoms with E-state index < -0.39 is 5.92 Å². The monoisotopic (exact) mass is 617 g/mol. The molecule has 2 atom stereocenters. The number of benzene rings is 1. The SMILES string of the molecule is CCCN1C(=O)C2=C(OC3=C(C(=O)CC(C)(C)C3)[C@@H]2c2c(OC)ccc(-c3ccc(C)c(C(=O)NSC)n3)c2C)[C@H]1C(C)C. The van der Waals surface area contributed by atoms with E-state index in [2.05, 4.69) is 39.3 Å². The molecule has 0 radical (unpaired) electrons. The van der Waals surface area contributed by atoms with Crippen LogP contribution >= 0.6 is 11.9 Å². The minimum Gasteiger partial charge on any atom is -0.496 e. The summed E-state index contributed by atoms with van der Waals surface area (Å²) in [6.07, 6.45) is 3.56. The molecule has 234 valence electrons. The van der Waals surface area contributed by atoms with Crippen LogP contribution < -0.4 is 9.46 Å². The Labute approximate surface area is 264 Å². The van der Waals surface area contributed by atoms with Crippen LogP contribution in [0, 0.1) is 25.2 Å². The number of methoxy groups -OCH3 is 1. The highest BCUT2D eigenvalue weighted by molar-refractivity contribution is 7.97. The van der Waals surface area contributed by atoms with Crippen molar-refractivity contribution in [3.63, 3.8) is 0 Å². The Kier molecular flexibility index (Phi) is 8.73. The van der Waals surface area contributed by atoms with Crippen LogP contribution in [-0.2, 0) is 14.3 Å². The number of Topliss-reactive ketones (excluding diaryl/α,β-unsaturated/α-hetero) is 1. The molecule has 1 aliphatic carbocycles. The number of aryl methyl sites for hydroxylation is 1. The molecule has 0 fully saturated rings. The van der Waals surface area contributed by atoms with Gasteiger partial charge in [0.2, 0.25) is 0 Å². The number of hydrogen-bond donors (Lipinski definition) is 1. The Morgan fingerprint density at radius 2 is 1.89 bits per heavy atom. The van der Waals surface area contributed by atoms with E-state index in [4.69, 9.17) is 14.5 Å². The zero-order chi connectivity index (χ0) is 32.1. The van der Waals surface area contributed by atoms with Gasteiger partial charge >= 0.3 is 0 Å². The molecule has 2 amide bonds. The Balaban J connectivity index is 1.78. The van der Waals surface area contributed by atoms with Crippen LogP contribution in [0.3, 0.4) is 0 Å². The third-order valence-electron chi connectivity index (χ3n) is 8.91. The lowest BCUT2D eigenvalue weighted by Crippen LogP contribution is -2.39. The third kappa shape index (κ3) is 5.33. The van der Waals surface area contributed by atoms with Crippen LogP contribution in [0.1, 0.15) is 87.0 Å². The van der Waals surface area contributed by atoms with Crippen molar-refractivity contribution < 1.29 is 23.9 Å². The second kappa shape index (κ2) is 12.1. The van der Waals surface area contributed by atoms with Crippen LogP contribution in [0.5, 0.6) is 5.75 Å². The Hall–Kier alpha value is -3.59. The van der Waals surface area contributed by atoms with E-state index in [9.17, 15) is 14.4 Å². The van der Waals surface area contributed by atoms with Crippen LogP contribution in [-0.4, -0.2) is 53.4 Å². The number of pyridine rings is 1. The fraction of sp³-hybridized carbons (Fsp3) is 0.486. The number of aromatic nitrogens is 1. The Bertz CT molecular complexity index is 1610. The summed E-state index contributed by atoms with van der Waals surface area (Å²) in [6, 6.07) is 7.37. The fourth-order valence-corrected chi connectivity index (χ4v) is 7.32. The number of ketones is 1. The molecule has 9 heteroatoms. The summed E-state index contributed by atoms with van der Waals surface area (Å²) in [4.78, 5) is 47.9. The maximum absolute atomic E-state index is 14.4. The zero-order valence-electron chi connectivity index (χ0n) is 27.2. The summed E-state index contributed by atoms with van der Waals surface area (Å²) in [5.74, 6) is 1.01. The highest BCUT2D eigenvalue weighted by atomic mass is 32.2. The number of carbonyl (C=O) groups excluding carboxylic acids is 3. The van der Waals surface area contributed by atoms with E-state index in [1.54, 1.807) is 13.4 Å². The summed E-state index contributed by atoms with van der Waals surface area (Å²) in [5, 5.41) is 0. The Morgan fingerprint density at radius 1 is 1.16 bits per heavy atom. The predicted molar refractivity (Wildman–Crippen MR) is 173 cm³/mol. The number of amides is 2. The first-order valence-electron chi connectivity index (χ1n) is 15.3. The first-order valence-corrected chi connectivity index (χ1v) is 16.6. The smallest absolute Gasteiger partial charge is 0.279 e. The van der Waals surface area contributed by atoms with Crippen molar-refractivity contribution >= 4 is 29.5 Å². The molecule has 2 aromatic rings. The molecule has 0 spiro atoms. The van der Waals surface area contributed by atoms with E-state index in [-0.39, 0.29) is 35.0 Å². The number of carbonyl (C=O) groups is 3. The predicted octanol–water partition coefficient (Wildman–Crippen LogP) is 6.67. The van der Waals surface area contributed by atoms with E-state index in [1.165, 1.54) is 11.9 Å². The minimum absolute atomic E-state index is 0.00743. The maximum atomic E-state index is 14.4. The fourth-order valence-electron chi connectivity index (χ4n) is 7.04. The molecule has 8 nitrogen and oxygen atoms in total. The molecule has 0 saturated heterocycles. The van der Waals surface area contributed by atoms with Gasteiger partial charge in [-0.15, -0.1) is 0 Å². The van der Waals surface area contributed by atoms with Crippen molar-refractivity contribution in [1.82, 2.24) is 14.6 Å². The number of ether oxygens (including phenoxy) is 2. The first-order chi connectivity index (χ1) is 20.8. The standard InChI is InChI=1S/C35H43N3O5S/c1-10-15-38-31(18(2)3)32-29(34(38)41)28(27-23(39)16-35(6,7)17-25(27)43-32)26-20(5)21(12-14-24(26)42-8)22-13-11-19(4)30(36-22)33(40)37-44-9/h11-14,18,28,31H,10,15-17H2,1-9H3,(H,37,40)/t28-,31+/m0/s1. The normalized spacial score (nSPS) is 21.0. The summed E-state index contributed by atoms with van der Waals surface area (Å²) >= 11 is 1.22. The average Bonchev–Trinajstić information content (AvgIpc) is 3.22. The third-order valence-corrected chi connectivity index (χ3v) is 9.30. The topological polar surface area (TPSA) is 97.8 Å². The van der Waals surface area contributed by atoms with Gasteiger partial charge in [0.15, 0.2) is 5.78 Å². The molecule has 1 aromatic heterocycles. The zero-order valence-corrected chi connectivity index (χ0v) is 28.0. The minimum atomic E-state index is -0.646. The highest BCUT2D eigenvalue weighted by Crippen LogP contribution is 2.55. The molecule has 1 aromatic carbocycles. The van der Waals surface area contributed by atoms with Gasteiger partial charge in [-0.3, -0.25) is 19.1 Å². The second-order valence-corrected chi connectivity index (χ2v) is 13.7. The number of allylic oxidation sites excluding steroid dienone is 2. The molecule has 3 heterocycles. The summed E-state index contributed by atoms with van der Waals surface area (Å²) in [5.41, 5.74) is 4.94. The van der Waals surface area contributed by atoms with Gasteiger partial charge in [0.05, 0.1) is 30.3 Å². The van der Waals surface area contributed by atoms with Gasteiger partial charge in [0, 0.05) is 42.3 Å². The van der Waals surface area contributed by atoms with E-state index in [1.807, 2.05) is 43.0 Å². The van der Waals surface area contributed by atoms with Crippen molar-refractivity contribution in [1.29, 1.82) is 0 Å². The van der Waals surface area contributed by atoms with Crippen molar-refractivity contribution in [2.75, 3.05) is 19.9 Å². The summed E-state index contributed by atoms with van der Waals surface area (Å²) in [7, 11) is 1.61. The van der Waals surface area contributed by atoms with Gasteiger partial charge in [-0.2, -0.15) is 0 Å². The molecule has 0 saturated carbocycles. The second-order valence-electron chi connectivity index (χ2n) is 13.1. The maximum Gasteiger partial charge on any atom is 0.279 e.